The molecule has 0 spiro atoms. The van der Waals surface area contributed by atoms with Gasteiger partial charge in [-0.1, -0.05) is 27.7 Å². The van der Waals surface area contributed by atoms with E-state index in [1.807, 2.05) is 0 Å². The van der Waals surface area contributed by atoms with Gasteiger partial charge in [-0.2, -0.15) is 0 Å². The van der Waals surface area contributed by atoms with Crippen molar-refractivity contribution in [1.29, 1.82) is 0 Å². The third-order valence-electron chi connectivity index (χ3n) is 2.68. The predicted molar refractivity (Wildman–Crippen MR) is 71.5 cm³/mol. The van der Waals surface area contributed by atoms with Crippen LogP contribution in [-0.2, 0) is 4.79 Å². The number of carbonyl (C=O) groups excluding carboxylic acids is 1. The first-order valence-electron chi connectivity index (χ1n) is 6.47. The molecule has 5 nitrogen and oxygen atoms in total. The van der Waals surface area contributed by atoms with Gasteiger partial charge in [0.15, 0.2) is 0 Å². The molecule has 3 N–H and O–H groups in total. The lowest BCUT2D eigenvalue weighted by atomic mass is 9.92. The normalized spacial score (nSPS) is 12.9. The molecule has 0 aliphatic heterocycles. The lowest BCUT2D eigenvalue weighted by molar-refractivity contribution is -0.141. The van der Waals surface area contributed by atoms with E-state index in [1.54, 1.807) is 6.92 Å². The number of carbonyl (C=O) groups is 2. The van der Waals surface area contributed by atoms with Crippen molar-refractivity contribution in [2.24, 2.45) is 11.3 Å². The van der Waals surface area contributed by atoms with Gasteiger partial charge in [-0.05, 0) is 24.7 Å². The van der Waals surface area contributed by atoms with E-state index in [-0.39, 0.29) is 17.4 Å². The zero-order valence-electron chi connectivity index (χ0n) is 11.9. The summed E-state index contributed by atoms with van der Waals surface area (Å²) in [5.74, 6) is -1.14. The van der Waals surface area contributed by atoms with E-state index >= 15 is 0 Å². The van der Waals surface area contributed by atoms with E-state index in [0.29, 0.717) is 25.9 Å². The van der Waals surface area contributed by atoms with Gasteiger partial charge in [-0.15, -0.1) is 0 Å². The minimum atomic E-state index is -0.787. The molecule has 0 radical (unpaired) electrons. The molecule has 0 bridgehead atoms. The minimum Gasteiger partial charge on any atom is -0.481 e. The Morgan fingerprint density at radius 2 is 1.72 bits per heavy atom. The summed E-state index contributed by atoms with van der Waals surface area (Å²) in [6.07, 6.45) is 2.19. The molecule has 0 heterocycles. The fraction of sp³-hybridized carbons (Fsp3) is 0.846. The van der Waals surface area contributed by atoms with Gasteiger partial charge in [0.25, 0.3) is 0 Å². The van der Waals surface area contributed by atoms with Crippen LogP contribution in [-0.4, -0.2) is 30.2 Å². The maximum atomic E-state index is 11.4. The zero-order chi connectivity index (χ0) is 14.2. The molecule has 2 amide bonds. The van der Waals surface area contributed by atoms with Crippen molar-refractivity contribution < 1.29 is 14.7 Å². The highest BCUT2D eigenvalue weighted by molar-refractivity contribution is 5.73. The van der Waals surface area contributed by atoms with Gasteiger partial charge in [-0.25, -0.2) is 4.79 Å². The summed E-state index contributed by atoms with van der Waals surface area (Å²) in [4.78, 5) is 21.9. The highest BCUT2D eigenvalue weighted by Crippen LogP contribution is 2.16. The molecule has 106 valence electrons. The molecule has 18 heavy (non-hydrogen) atoms. The van der Waals surface area contributed by atoms with Crippen LogP contribution in [0.3, 0.4) is 0 Å². The quantitative estimate of drug-likeness (QED) is 0.613. The molecular weight excluding hydrogens is 232 g/mol. The molecule has 0 aliphatic rings. The smallest absolute Gasteiger partial charge is 0.314 e. The predicted octanol–water partition coefficient (Wildman–Crippen LogP) is 2.22. The van der Waals surface area contributed by atoms with Gasteiger partial charge in [0, 0.05) is 13.1 Å². The average Bonchev–Trinajstić information content (AvgIpc) is 2.22. The highest BCUT2D eigenvalue weighted by Gasteiger charge is 2.11. The number of hydrogen-bond donors (Lipinski definition) is 3. The zero-order valence-corrected chi connectivity index (χ0v) is 11.9. The van der Waals surface area contributed by atoms with Crippen LogP contribution in [0.15, 0.2) is 0 Å². The molecule has 0 aromatic rings. The largest absolute Gasteiger partial charge is 0.481 e. The number of carboxylic acid groups (broad SMARTS) is 1. The molecule has 1 unspecified atom stereocenters. The first-order chi connectivity index (χ1) is 8.22. The molecule has 1 atom stereocenters. The van der Waals surface area contributed by atoms with Crippen molar-refractivity contribution in [1.82, 2.24) is 10.6 Å². The maximum absolute atomic E-state index is 11.4. The Labute approximate surface area is 109 Å². The average molecular weight is 258 g/mol. The lowest BCUT2D eigenvalue weighted by Crippen LogP contribution is -2.37. The Balaban J connectivity index is 3.52. The first kappa shape index (κ1) is 16.7. The second-order valence-corrected chi connectivity index (χ2v) is 5.87. The van der Waals surface area contributed by atoms with Crippen LogP contribution in [0.1, 0.15) is 47.0 Å². The fourth-order valence-corrected chi connectivity index (χ4v) is 1.35. The van der Waals surface area contributed by atoms with Crippen LogP contribution in [0.25, 0.3) is 0 Å². The number of nitrogens with one attached hydrogen (secondary N) is 2. The third-order valence-corrected chi connectivity index (χ3v) is 2.68. The summed E-state index contributed by atoms with van der Waals surface area (Å²) < 4.78 is 0. The Morgan fingerprint density at radius 1 is 1.17 bits per heavy atom. The van der Waals surface area contributed by atoms with Crippen molar-refractivity contribution in [2.45, 2.75) is 47.0 Å². The lowest BCUT2D eigenvalue weighted by Gasteiger charge is -2.18. The molecule has 0 aliphatic carbocycles. The van der Waals surface area contributed by atoms with Gasteiger partial charge < -0.3 is 15.7 Å². The van der Waals surface area contributed by atoms with Crippen molar-refractivity contribution in [3.63, 3.8) is 0 Å². The van der Waals surface area contributed by atoms with Gasteiger partial charge in [0.05, 0.1) is 5.92 Å². The number of hydrogen-bond acceptors (Lipinski definition) is 2. The van der Waals surface area contributed by atoms with Crippen molar-refractivity contribution in [2.75, 3.05) is 13.1 Å². The third kappa shape index (κ3) is 9.93. The van der Waals surface area contributed by atoms with Crippen LogP contribution in [0.2, 0.25) is 0 Å². The Morgan fingerprint density at radius 3 is 2.22 bits per heavy atom. The summed E-state index contributed by atoms with van der Waals surface area (Å²) in [7, 11) is 0. The van der Waals surface area contributed by atoms with Gasteiger partial charge >= 0.3 is 12.0 Å². The molecule has 0 saturated heterocycles. The molecule has 5 heteroatoms. The molecule has 0 saturated carbocycles. The first-order valence-corrected chi connectivity index (χ1v) is 6.47. The van der Waals surface area contributed by atoms with E-state index in [4.69, 9.17) is 5.11 Å². The molecule has 0 aromatic heterocycles. The number of amides is 2. The van der Waals surface area contributed by atoms with Crippen molar-refractivity contribution >= 4 is 12.0 Å². The monoisotopic (exact) mass is 258 g/mol. The highest BCUT2D eigenvalue weighted by atomic mass is 16.4. The molecule has 0 fully saturated rings. The summed E-state index contributed by atoms with van der Waals surface area (Å²) in [5, 5.41) is 14.2. The van der Waals surface area contributed by atoms with Crippen molar-refractivity contribution in [3.05, 3.63) is 0 Å². The standard InChI is InChI=1S/C13H26N2O3/c1-10(11(16)17)6-5-8-14-12(18)15-9-7-13(2,3)4/h10H,5-9H2,1-4H3,(H,16,17)(H2,14,15,18). The molecule has 0 rings (SSSR count). The number of urea groups is 1. The van der Waals surface area contributed by atoms with Gasteiger partial charge in [0.2, 0.25) is 0 Å². The SMILES string of the molecule is CC(CCCNC(=O)NCCC(C)(C)C)C(=O)O. The Bertz CT molecular complexity index is 272. The summed E-state index contributed by atoms with van der Waals surface area (Å²) in [5.41, 5.74) is 0.212. The second kappa shape index (κ2) is 7.95. The summed E-state index contributed by atoms with van der Waals surface area (Å²) in [6, 6.07) is -0.178. The van der Waals surface area contributed by atoms with Gasteiger partial charge in [0.1, 0.15) is 0 Å². The van der Waals surface area contributed by atoms with E-state index in [1.165, 1.54) is 0 Å². The summed E-state index contributed by atoms with van der Waals surface area (Å²) >= 11 is 0. The number of carboxylic acids is 1. The number of aliphatic carboxylic acids is 1. The van der Waals surface area contributed by atoms with E-state index < -0.39 is 5.97 Å². The summed E-state index contributed by atoms with van der Waals surface area (Å²) in [6.45, 7) is 9.21. The van der Waals surface area contributed by atoms with Crippen molar-refractivity contribution in [3.8, 4) is 0 Å². The van der Waals surface area contributed by atoms with Crippen LogP contribution in [0, 0.1) is 11.3 Å². The number of rotatable bonds is 7. The van der Waals surface area contributed by atoms with Gasteiger partial charge in [-0.3, -0.25) is 4.79 Å². The maximum Gasteiger partial charge on any atom is 0.314 e. The molecular formula is C13H26N2O3. The Hall–Kier alpha value is -1.26. The molecule has 0 aromatic carbocycles. The van der Waals surface area contributed by atoms with E-state index in [2.05, 4.69) is 31.4 Å². The Kier molecular flexibility index (Phi) is 7.39. The van der Waals surface area contributed by atoms with Crippen LogP contribution in [0.5, 0.6) is 0 Å². The topological polar surface area (TPSA) is 78.4 Å². The van der Waals surface area contributed by atoms with Crippen LogP contribution in [0.4, 0.5) is 4.79 Å². The van der Waals surface area contributed by atoms with Crippen LogP contribution >= 0.6 is 0 Å². The van der Waals surface area contributed by atoms with E-state index in [0.717, 1.165) is 6.42 Å². The second-order valence-electron chi connectivity index (χ2n) is 5.87. The fourth-order valence-electron chi connectivity index (χ4n) is 1.35. The minimum absolute atomic E-state index is 0.178. The van der Waals surface area contributed by atoms with E-state index in [9.17, 15) is 9.59 Å². The van der Waals surface area contributed by atoms with Crippen LogP contribution < -0.4 is 10.6 Å².